The maximum atomic E-state index is 12.4. The standard InChI is InChI=1S/C11H13ClF3N/c1-7(4-5-16)8-2-3-9(10(12)6-8)11(13,14)15/h2-3,6-7H,4-5,16H2,1H3. The van der Waals surface area contributed by atoms with E-state index in [2.05, 4.69) is 0 Å². The summed E-state index contributed by atoms with van der Waals surface area (Å²) in [6.45, 7) is 2.41. The van der Waals surface area contributed by atoms with Gasteiger partial charge in [0.1, 0.15) is 0 Å². The molecule has 0 aliphatic heterocycles. The van der Waals surface area contributed by atoms with E-state index in [4.69, 9.17) is 17.3 Å². The number of hydrogen-bond donors (Lipinski definition) is 1. The lowest BCUT2D eigenvalue weighted by atomic mass is 9.97. The molecule has 1 atom stereocenters. The lowest BCUT2D eigenvalue weighted by molar-refractivity contribution is -0.137. The second-order valence-corrected chi connectivity index (χ2v) is 4.12. The molecule has 0 bridgehead atoms. The van der Waals surface area contributed by atoms with Gasteiger partial charge in [0.05, 0.1) is 10.6 Å². The van der Waals surface area contributed by atoms with Gasteiger partial charge in [-0.2, -0.15) is 13.2 Å². The zero-order valence-electron chi connectivity index (χ0n) is 8.81. The molecule has 16 heavy (non-hydrogen) atoms. The summed E-state index contributed by atoms with van der Waals surface area (Å²) in [6, 6.07) is 3.84. The molecule has 0 aromatic heterocycles. The Hall–Kier alpha value is -0.740. The van der Waals surface area contributed by atoms with Crippen molar-refractivity contribution >= 4 is 11.6 Å². The molecule has 0 radical (unpaired) electrons. The first-order valence-corrected chi connectivity index (χ1v) is 5.30. The second-order valence-electron chi connectivity index (χ2n) is 3.72. The van der Waals surface area contributed by atoms with E-state index >= 15 is 0 Å². The van der Waals surface area contributed by atoms with Crippen LogP contribution in [0.2, 0.25) is 5.02 Å². The molecule has 0 saturated carbocycles. The number of benzene rings is 1. The summed E-state index contributed by atoms with van der Waals surface area (Å²) < 4.78 is 37.3. The fourth-order valence-corrected chi connectivity index (χ4v) is 1.78. The second kappa shape index (κ2) is 5.06. The van der Waals surface area contributed by atoms with E-state index in [1.807, 2.05) is 6.92 Å². The Morgan fingerprint density at radius 2 is 2.00 bits per heavy atom. The number of alkyl halides is 3. The number of hydrogen-bond acceptors (Lipinski definition) is 1. The average molecular weight is 252 g/mol. The highest BCUT2D eigenvalue weighted by Gasteiger charge is 2.33. The summed E-state index contributed by atoms with van der Waals surface area (Å²) in [4.78, 5) is 0. The van der Waals surface area contributed by atoms with E-state index in [9.17, 15) is 13.2 Å². The van der Waals surface area contributed by atoms with Crippen LogP contribution < -0.4 is 5.73 Å². The van der Waals surface area contributed by atoms with Gasteiger partial charge in [-0.1, -0.05) is 24.6 Å². The lowest BCUT2D eigenvalue weighted by Gasteiger charge is -2.14. The van der Waals surface area contributed by atoms with E-state index < -0.39 is 11.7 Å². The van der Waals surface area contributed by atoms with Crippen LogP contribution in [0.25, 0.3) is 0 Å². The summed E-state index contributed by atoms with van der Waals surface area (Å²) >= 11 is 5.61. The smallest absolute Gasteiger partial charge is 0.330 e. The van der Waals surface area contributed by atoms with Crippen LogP contribution in [0.1, 0.15) is 30.4 Å². The van der Waals surface area contributed by atoms with E-state index in [-0.39, 0.29) is 10.9 Å². The molecule has 0 fully saturated rings. The maximum absolute atomic E-state index is 12.4. The highest BCUT2D eigenvalue weighted by atomic mass is 35.5. The monoisotopic (exact) mass is 251 g/mol. The van der Waals surface area contributed by atoms with Gasteiger partial charge in [-0.25, -0.2) is 0 Å². The molecule has 0 spiro atoms. The first-order valence-electron chi connectivity index (χ1n) is 4.93. The van der Waals surface area contributed by atoms with Gasteiger partial charge < -0.3 is 5.73 Å². The van der Waals surface area contributed by atoms with Gasteiger partial charge >= 0.3 is 6.18 Å². The van der Waals surface area contributed by atoms with Crippen LogP contribution in [0.5, 0.6) is 0 Å². The SMILES string of the molecule is CC(CCN)c1ccc(C(F)(F)F)c(Cl)c1. The van der Waals surface area contributed by atoms with E-state index in [0.717, 1.165) is 18.1 Å². The third-order valence-electron chi connectivity index (χ3n) is 2.47. The van der Waals surface area contributed by atoms with Gasteiger partial charge in [0, 0.05) is 0 Å². The van der Waals surface area contributed by atoms with Crippen LogP contribution in [0, 0.1) is 0 Å². The van der Waals surface area contributed by atoms with Gasteiger partial charge in [0.15, 0.2) is 0 Å². The first kappa shape index (κ1) is 13.3. The third kappa shape index (κ3) is 3.12. The molecule has 0 aliphatic carbocycles. The third-order valence-corrected chi connectivity index (χ3v) is 2.78. The van der Waals surface area contributed by atoms with Crippen molar-refractivity contribution in [3.8, 4) is 0 Å². The Labute approximate surface area is 97.4 Å². The van der Waals surface area contributed by atoms with Gasteiger partial charge in [0.2, 0.25) is 0 Å². The van der Waals surface area contributed by atoms with Crippen molar-refractivity contribution in [3.63, 3.8) is 0 Å². The van der Waals surface area contributed by atoms with Crippen LogP contribution in [-0.4, -0.2) is 6.54 Å². The molecule has 0 aliphatic rings. The predicted molar refractivity (Wildman–Crippen MR) is 58.5 cm³/mol. The molecular formula is C11H13ClF3N. The molecular weight excluding hydrogens is 239 g/mol. The Kier molecular flexibility index (Phi) is 4.21. The zero-order chi connectivity index (χ0) is 12.3. The number of nitrogens with two attached hydrogens (primary N) is 1. The number of halogens is 4. The fraction of sp³-hybridized carbons (Fsp3) is 0.455. The van der Waals surface area contributed by atoms with Crippen molar-refractivity contribution in [1.82, 2.24) is 0 Å². The molecule has 5 heteroatoms. The predicted octanol–water partition coefficient (Wildman–Crippen LogP) is 3.81. The number of rotatable bonds is 3. The van der Waals surface area contributed by atoms with Crippen LogP contribution in [0.4, 0.5) is 13.2 Å². The highest BCUT2D eigenvalue weighted by molar-refractivity contribution is 6.31. The minimum absolute atomic E-state index is 0.116. The van der Waals surface area contributed by atoms with Crippen molar-refractivity contribution in [3.05, 3.63) is 34.3 Å². The lowest BCUT2D eigenvalue weighted by Crippen LogP contribution is -2.08. The van der Waals surface area contributed by atoms with Crippen LogP contribution in [0.15, 0.2) is 18.2 Å². The van der Waals surface area contributed by atoms with Crippen LogP contribution in [-0.2, 0) is 6.18 Å². The molecule has 1 aromatic rings. The molecule has 0 amide bonds. The van der Waals surface area contributed by atoms with E-state index in [1.54, 1.807) is 0 Å². The van der Waals surface area contributed by atoms with Crippen molar-refractivity contribution in [1.29, 1.82) is 0 Å². The molecule has 1 unspecified atom stereocenters. The normalized spacial score (nSPS) is 13.9. The van der Waals surface area contributed by atoms with Crippen molar-refractivity contribution in [2.24, 2.45) is 5.73 Å². The average Bonchev–Trinajstić information content (AvgIpc) is 2.16. The summed E-state index contributed by atoms with van der Waals surface area (Å²) in [6.07, 6.45) is -3.67. The summed E-state index contributed by atoms with van der Waals surface area (Å²) in [5.74, 6) is 0.116. The largest absolute Gasteiger partial charge is 0.417 e. The summed E-state index contributed by atoms with van der Waals surface area (Å²) in [5.41, 5.74) is 5.38. The van der Waals surface area contributed by atoms with Crippen molar-refractivity contribution < 1.29 is 13.2 Å². The Bertz CT molecular complexity index is 363. The summed E-state index contributed by atoms with van der Waals surface area (Å²) in [7, 11) is 0. The molecule has 90 valence electrons. The van der Waals surface area contributed by atoms with E-state index in [0.29, 0.717) is 6.54 Å². The van der Waals surface area contributed by atoms with Crippen LogP contribution in [0.3, 0.4) is 0 Å². The maximum Gasteiger partial charge on any atom is 0.417 e. The van der Waals surface area contributed by atoms with Gasteiger partial charge in [-0.05, 0) is 36.6 Å². The molecule has 0 heterocycles. The zero-order valence-corrected chi connectivity index (χ0v) is 9.57. The van der Waals surface area contributed by atoms with Gasteiger partial charge in [0.25, 0.3) is 0 Å². The Morgan fingerprint density at radius 1 is 1.38 bits per heavy atom. The van der Waals surface area contributed by atoms with Crippen molar-refractivity contribution in [2.45, 2.75) is 25.4 Å². The topological polar surface area (TPSA) is 26.0 Å². The van der Waals surface area contributed by atoms with E-state index in [1.165, 1.54) is 12.1 Å². The first-order chi connectivity index (χ1) is 7.36. The molecule has 1 aromatic carbocycles. The molecule has 1 rings (SSSR count). The highest BCUT2D eigenvalue weighted by Crippen LogP contribution is 2.36. The Balaban J connectivity index is 3.00. The minimum atomic E-state index is -4.40. The Morgan fingerprint density at radius 3 is 2.44 bits per heavy atom. The molecule has 0 saturated heterocycles. The molecule has 2 N–H and O–H groups in total. The summed E-state index contributed by atoms with van der Waals surface area (Å²) in [5, 5.41) is -0.256. The van der Waals surface area contributed by atoms with Gasteiger partial charge in [-0.3, -0.25) is 0 Å². The fourth-order valence-electron chi connectivity index (χ4n) is 1.48. The quantitative estimate of drug-likeness (QED) is 0.869. The van der Waals surface area contributed by atoms with Crippen molar-refractivity contribution in [2.75, 3.05) is 6.54 Å². The van der Waals surface area contributed by atoms with Crippen LogP contribution >= 0.6 is 11.6 Å². The molecule has 1 nitrogen and oxygen atoms in total. The minimum Gasteiger partial charge on any atom is -0.330 e. The van der Waals surface area contributed by atoms with Gasteiger partial charge in [-0.15, -0.1) is 0 Å².